The Bertz CT molecular complexity index is 915. The Hall–Kier alpha value is -2.09. The van der Waals surface area contributed by atoms with Crippen molar-refractivity contribution in [3.8, 4) is 0 Å². The third kappa shape index (κ3) is 4.96. The van der Waals surface area contributed by atoms with Gasteiger partial charge in [-0.1, -0.05) is 19.1 Å². The number of carbonyl (C=O) groups excluding carboxylic acids is 1. The van der Waals surface area contributed by atoms with Crippen molar-refractivity contribution >= 4 is 44.9 Å². The Morgan fingerprint density at radius 1 is 1.27 bits per heavy atom. The number of benzene rings is 1. The van der Waals surface area contributed by atoms with E-state index in [1.165, 1.54) is 4.90 Å². The van der Waals surface area contributed by atoms with E-state index >= 15 is 0 Å². The Balaban J connectivity index is 1.71. The van der Waals surface area contributed by atoms with Gasteiger partial charge in [-0.25, -0.2) is 18.7 Å². The molecule has 3 N–H and O–H groups in total. The molecule has 1 unspecified atom stereocenters. The largest absolute Gasteiger partial charge is 0.442 e. The summed E-state index contributed by atoms with van der Waals surface area (Å²) >= 11 is 5.07. The van der Waals surface area contributed by atoms with Crippen LogP contribution in [0.4, 0.5) is 25.0 Å². The summed E-state index contributed by atoms with van der Waals surface area (Å²) in [5, 5.41) is 8.06. The second kappa shape index (κ2) is 8.96. The molecule has 1 aromatic carbocycles. The van der Waals surface area contributed by atoms with Gasteiger partial charge >= 0.3 is 6.09 Å². The standard InChI is InChI=1S/C17H23F2N5O4S2/c1-2-15(29)21-9-12-10-24(17(25)28-12)11-7-13(18)16(14(19)8-11)22-3-5-23(6-4-22)30(20,26)27/h7-8,12H,2-6,9-10H2,1H3,(H,21,29)(H2,20,26,27). The van der Waals surface area contributed by atoms with Crippen molar-refractivity contribution in [3.05, 3.63) is 23.8 Å². The first-order chi connectivity index (χ1) is 14.1. The number of carbonyl (C=O) groups is 1. The van der Waals surface area contributed by atoms with Gasteiger partial charge in [0.1, 0.15) is 11.8 Å². The van der Waals surface area contributed by atoms with E-state index in [1.54, 1.807) is 0 Å². The number of nitrogens with one attached hydrogen (secondary N) is 1. The van der Waals surface area contributed by atoms with E-state index in [1.807, 2.05) is 6.92 Å². The fraction of sp³-hybridized carbons (Fsp3) is 0.529. The molecule has 0 aliphatic carbocycles. The number of amides is 1. The predicted octanol–water partition coefficient (Wildman–Crippen LogP) is 0.943. The van der Waals surface area contributed by atoms with Crippen LogP contribution in [0.25, 0.3) is 0 Å². The van der Waals surface area contributed by atoms with Crippen molar-refractivity contribution < 1.29 is 26.7 Å². The number of hydrogen-bond donors (Lipinski definition) is 2. The van der Waals surface area contributed by atoms with Gasteiger partial charge in [0, 0.05) is 38.3 Å². The maximum Gasteiger partial charge on any atom is 0.414 e. The highest BCUT2D eigenvalue weighted by molar-refractivity contribution is 7.86. The maximum absolute atomic E-state index is 14.8. The number of halogens is 2. The predicted molar refractivity (Wildman–Crippen MR) is 112 cm³/mol. The first-order valence-electron chi connectivity index (χ1n) is 9.37. The van der Waals surface area contributed by atoms with Crippen LogP contribution in [0, 0.1) is 11.6 Å². The number of anilines is 2. The Morgan fingerprint density at radius 3 is 2.40 bits per heavy atom. The fourth-order valence-electron chi connectivity index (χ4n) is 3.37. The average molecular weight is 464 g/mol. The van der Waals surface area contributed by atoms with Crippen LogP contribution < -0.4 is 20.3 Å². The molecule has 2 fully saturated rings. The van der Waals surface area contributed by atoms with Crippen LogP contribution in [0.5, 0.6) is 0 Å². The molecule has 1 atom stereocenters. The van der Waals surface area contributed by atoms with E-state index in [-0.39, 0.29) is 44.1 Å². The van der Waals surface area contributed by atoms with Crippen LogP contribution in [0.2, 0.25) is 0 Å². The quantitative estimate of drug-likeness (QED) is 0.605. The number of thiocarbonyl (C=S) groups is 1. The highest BCUT2D eigenvalue weighted by Crippen LogP contribution is 2.31. The molecule has 13 heteroatoms. The lowest BCUT2D eigenvalue weighted by Crippen LogP contribution is -2.51. The number of rotatable bonds is 6. The summed E-state index contributed by atoms with van der Waals surface area (Å²) in [5.41, 5.74) is -0.227. The average Bonchev–Trinajstić information content (AvgIpc) is 3.06. The van der Waals surface area contributed by atoms with Gasteiger partial charge in [-0.05, 0) is 6.42 Å². The number of piperazine rings is 1. The first-order valence-corrected chi connectivity index (χ1v) is 11.3. The Kier molecular flexibility index (Phi) is 6.75. The van der Waals surface area contributed by atoms with E-state index < -0.39 is 34.0 Å². The lowest BCUT2D eigenvalue weighted by atomic mass is 10.2. The summed E-state index contributed by atoms with van der Waals surface area (Å²) < 4.78 is 58.6. The minimum atomic E-state index is -3.85. The second-order valence-corrected chi connectivity index (χ2v) is 9.00. The van der Waals surface area contributed by atoms with Gasteiger partial charge in [0.05, 0.1) is 23.8 Å². The summed E-state index contributed by atoms with van der Waals surface area (Å²) in [7, 11) is -3.85. The molecule has 1 amide bonds. The molecule has 30 heavy (non-hydrogen) atoms. The molecule has 2 aliphatic heterocycles. The smallest absolute Gasteiger partial charge is 0.414 e. The number of ether oxygens (including phenoxy) is 1. The number of nitrogens with zero attached hydrogens (tertiary/aromatic N) is 3. The molecule has 2 heterocycles. The third-order valence-corrected chi connectivity index (χ3v) is 6.47. The molecule has 0 saturated carbocycles. The van der Waals surface area contributed by atoms with Crippen LogP contribution in [-0.2, 0) is 14.9 Å². The van der Waals surface area contributed by atoms with Crippen LogP contribution in [-0.4, -0.2) is 69.2 Å². The normalized spacial score (nSPS) is 20.4. The number of nitrogens with two attached hydrogens (primary N) is 1. The Morgan fingerprint density at radius 2 is 1.87 bits per heavy atom. The zero-order valence-electron chi connectivity index (χ0n) is 16.3. The van der Waals surface area contributed by atoms with Crippen LogP contribution in [0.3, 0.4) is 0 Å². The highest BCUT2D eigenvalue weighted by atomic mass is 32.2. The third-order valence-electron chi connectivity index (χ3n) is 4.95. The fourth-order valence-corrected chi connectivity index (χ4v) is 4.12. The minimum absolute atomic E-state index is 0.0201. The number of cyclic esters (lactones) is 1. The van der Waals surface area contributed by atoms with E-state index in [4.69, 9.17) is 22.1 Å². The molecule has 166 valence electrons. The van der Waals surface area contributed by atoms with Crippen molar-refractivity contribution in [1.29, 1.82) is 0 Å². The topological polar surface area (TPSA) is 108 Å². The van der Waals surface area contributed by atoms with Gasteiger partial charge < -0.3 is 15.0 Å². The van der Waals surface area contributed by atoms with Crippen molar-refractivity contribution in [1.82, 2.24) is 9.62 Å². The summed E-state index contributed by atoms with van der Waals surface area (Å²) in [6.07, 6.45) is -0.542. The SMILES string of the molecule is CCC(=S)NCC1CN(c2cc(F)c(N3CCN(S(N)(=O)=O)CC3)c(F)c2)C(=O)O1. The van der Waals surface area contributed by atoms with E-state index in [2.05, 4.69) is 5.32 Å². The lowest BCUT2D eigenvalue weighted by molar-refractivity contribution is 0.143. The van der Waals surface area contributed by atoms with Gasteiger partial charge in [-0.2, -0.15) is 12.7 Å². The first kappa shape index (κ1) is 22.6. The zero-order valence-corrected chi connectivity index (χ0v) is 17.9. The molecule has 0 spiro atoms. The number of hydrogen-bond acceptors (Lipinski definition) is 6. The van der Waals surface area contributed by atoms with Crippen molar-refractivity contribution in [2.75, 3.05) is 49.1 Å². The molecule has 2 aliphatic rings. The second-order valence-electron chi connectivity index (χ2n) is 6.96. The maximum atomic E-state index is 14.8. The minimum Gasteiger partial charge on any atom is -0.442 e. The van der Waals surface area contributed by atoms with Gasteiger partial charge in [-0.3, -0.25) is 4.90 Å². The zero-order chi connectivity index (χ0) is 22.1. The molecule has 1 aromatic rings. The molecule has 3 rings (SSSR count). The summed E-state index contributed by atoms with van der Waals surface area (Å²) in [4.78, 5) is 15.4. The summed E-state index contributed by atoms with van der Waals surface area (Å²) in [6, 6.07) is 2.14. The summed E-state index contributed by atoms with van der Waals surface area (Å²) in [5.74, 6) is -1.70. The van der Waals surface area contributed by atoms with Gasteiger partial charge in [0.2, 0.25) is 0 Å². The lowest BCUT2D eigenvalue weighted by Gasteiger charge is -2.34. The monoisotopic (exact) mass is 463 g/mol. The van der Waals surface area contributed by atoms with E-state index in [0.717, 1.165) is 21.3 Å². The van der Waals surface area contributed by atoms with E-state index in [0.29, 0.717) is 18.0 Å². The Labute approximate surface area is 178 Å². The van der Waals surface area contributed by atoms with Crippen molar-refractivity contribution in [2.24, 2.45) is 5.14 Å². The van der Waals surface area contributed by atoms with Crippen LogP contribution in [0.15, 0.2) is 12.1 Å². The van der Waals surface area contributed by atoms with E-state index in [9.17, 15) is 22.0 Å². The van der Waals surface area contributed by atoms with Gasteiger partial charge in [0.25, 0.3) is 10.2 Å². The van der Waals surface area contributed by atoms with Crippen LogP contribution in [0.1, 0.15) is 13.3 Å². The van der Waals surface area contributed by atoms with Gasteiger partial charge in [-0.15, -0.1) is 0 Å². The molecule has 0 radical (unpaired) electrons. The van der Waals surface area contributed by atoms with Crippen LogP contribution >= 0.6 is 12.2 Å². The molecule has 0 bridgehead atoms. The molecular formula is C17H23F2N5O4S2. The van der Waals surface area contributed by atoms with Crippen molar-refractivity contribution in [2.45, 2.75) is 19.4 Å². The molecule has 0 aromatic heterocycles. The molecule has 2 saturated heterocycles. The highest BCUT2D eigenvalue weighted by Gasteiger charge is 2.34. The molecular weight excluding hydrogens is 440 g/mol. The molecule has 9 nitrogen and oxygen atoms in total. The summed E-state index contributed by atoms with van der Waals surface area (Å²) in [6.45, 7) is 2.54. The van der Waals surface area contributed by atoms with Crippen molar-refractivity contribution in [3.63, 3.8) is 0 Å². The van der Waals surface area contributed by atoms with Gasteiger partial charge in [0.15, 0.2) is 11.6 Å².